The van der Waals surface area contributed by atoms with Gasteiger partial charge in [-0.05, 0) is 11.8 Å². The Hall–Kier alpha value is -1.33. The zero-order valence-corrected chi connectivity index (χ0v) is 12.1. The van der Waals surface area contributed by atoms with Crippen molar-refractivity contribution in [3.05, 3.63) is 47.6 Å². The van der Waals surface area contributed by atoms with E-state index >= 15 is 0 Å². The van der Waals surface area contributed by atoms with Crippen molar-refractivity contribution in [1.82, 2.24) is 15.5 Å². The van der Waals surface area contributed by atoms with Crippen LogP contribution in [0.5, 0.6) is 0 Å². The van der Waals surface area contributed by atoms with Crippen LogP contribution in [0.25, 0.3) is 0 Å². The number of nitrogens with zero attached hydrogens (tertiary/aromatic N) is 2. The highest BCUT2D eigenvalue weighted by Gasteiger charge is 2.07. The summed E-state index contributed by atoms with van der Waals surface area (Å²) in [6.07, 6.45) is 2.82. The molecule has 2 aromatic rings. The summed E-state index contributed by atoms with van der Waals surface area (Å²) in [4.78, 5) is 4.38. The largest absolute Gasteiger partial charge is 0.338 e. The number of benzene rings is 1. The predicted molar refractivity (Wildman–Crippen MR) is 78.2 cm³/mol. The third kappa shape index (κ3) is 4.69. The lowest BCUT2D eigenvalue weighted by molar-refractivity contribution is 0.364. The molecule has 19 heavy (non-hydrogen) atoms. The zero-order valence-electron chi connectivity index (χ0n) is 11.3. The van der Waals surface area contributed by atoms with Gasteiger partial charge >= 0.3 is 0 Å². The lowest BCUT2D eigenvalue weighted by Gasteiger charge is -2.07. The molecule has 1 N–H and O–H groups in total. The number of nitrogens with one attached hydrogen (secondary N) is 1. The molecule has 0 aliphatic carbocycles. The number of thioether (sulfide) groups is 1. The highest BCUT2D eigenvalue weighted by atomic mass is 32.2. The first-order chi connectivity index (χ1) is 9.28. The van der Waals surface area contributed by atoms with E-state index < -0.39 is 0 Å². The van der Waals surface area contributed by atoms with Gasteiger partial charge in [0.1, 0.15) is 0 Å². The van der Waals surface area contributed by atoms with E-state index in [4.69, 9.17) is 4.52 Å². The molecule has 0 bridgehead atoms. The van der Waals surface area contributed by atoms with E-state index in [-0.39, 0.29) is 0 Å². The van der Waals surface area contributed by atoms with Gasteiger partial charge in [-0.3, -0.25) is 0 Å². The molecule has 1 unspecified atom stereocenters. The fraction of sp³-hybridized carbons (Fsp3) is 0.429. The minimum atomic E-state index is 0.590. The first-order valence-corrected chi connectivity index (χ1v) is 7.65. The summed E-state index contributed by atoms with van der Waals surface area (Å²) in [6, 6.07) is 10.2. The first kappa shape index (κ1) is 14.1. The molecule has 0 radical (unpaired) electrons. The van der Waals surface area contributed by atoms with Crippen LogP contribution in [-0.4, -0.2) is 28.2 Å². The fourth-order valence-electron chi connectivity index (χ4n) is 1.68. The summed E-state index contributed by atoms with van der Waals surface area (Å²) >= 11 is 1.84. The normalized spacial score (nSPS) is 12.5. The summed E-state index contributed by atoms with van der Waals surface area (Å²) in [7, 11) is 0. The van der Waals surface area contributed by atoms with E-state index in [0.29, 0.717) is 24.1 Å². The summed E-state index contributed by atoms with van der Waals surface area (Å²) in [5.74, 6) is 1.39. The summed E-state index contributed by atoms with van der Waals surface area (Å²) in [5, 5.41) is 7.90. The number of rotatable bonds is 7. The topological polar surface area (TPSA) is 51.0 Å². The van der Waals surface area contributed by atoms with E-state index in [1.165, 1.54) is 5.56 Å². The average Bonchev–Trinajstić information content (AvgIpc) is 2.87. The van der Waals surface area contributed by atoms with E-state index in [1.54, 1.807) is 0 Å². The van der Waals surface area contributed by atoms with Crippen LogP contribution in [0.1, 0.15) is 24.2 Å². The van der Waals surface area contributed by atoms with Crippen molar-refractivity contribution in [1.29, 1.82) is 0 Å². The van der Waals surface area contributed by atoms with Crippen LogP contribution in [0.15, 0.2) is 34.9 Å². The van der Waals surface area contributed by atoms with Crippen molar-refractivity contribution in [2.75, 3.05) is 12.8 Å². The number of hydrogen-bond acceptors (Lipinski definition) is 5. The molecule has 1 aromatic heterocycles. The molecule has 5 heteroatoms. The highest BCUT2D eigenvalue weighted by Crippen LogP contribution is 2.07. The molecule has 1 heterocycles. The van der Waals surface area contributed by atoms with Gasteiger partial charge in [0.2, 0.25) is 5.89 Å². The fourth-order valence-corrected chi connectivity index (χ4v) is 1.96. The van der Waals surface area contributed by atoms with Gasteiger partial charge in [0.15, 0.2) is 5.82 Å². The van der Waals surface area contributed by atoms with Gasteiger partial charge in [0.05, 0.1) is 6.54 Å². The van der Waals surface area contributed by atoms with Crippen LogP contribution in [0.3, 0.4) is 0 Å². The molecule has 1 atom stereocenters. The van der Waals surface area contributed by atoms with Gasteiger partial charge in [-0.2, -0.15) is 16.7 Å². The van der Waals surface area contributed by atoms with Crippen molar-refractivity contribution in [2.24, 2.45) is 0 Å². The monoisotopic (exact) mass is 277 g/mol. The third-order valence-corrected chi connectivity index (χ3v) is 3.80. The van der Waals surface area contributed by atoms with Crippen molar-refractivity contribution in [3.63, 3.8) is 0 Å². The maximum atomic E-state index is 5.22. The van der Waals surface area contributed by atoms with Crippen molar-refractivity contribution >= 4 is 11.8 Å². The minimum Gasteiger partial charge on any atom is -0.338 e. The second-order valence-corrected chi connectivity index (χ2v) is 5.72. The Labute approximate surface area is 118 Å². The summed E-state index contributed by atoms with van der Waals surface area (Å²) in [5.41, 5.74) is 1.19. The Balaban J connectivity index is 1.82. The van der Waals surface area contributed by atoms with Crippen LogP contribution in [0.2, 0.25) is 0 Å². The molecule has 0 amide bonds. The molecule has 0 saturated carbocycles. The molecule has 0 spiro atoms. The van der Waals surface area contributed by atoms with Crippen LogP contribution >= 0.6 is 11.8 Å². The van der Waals surface area contributed by atoms with E-state index in [2.05, 4.69) is 40.8 Å². The molecule has 102 valence electrons. The van der Waals surface area contributed by atoms with Crippen LogP contribution in [0.4, 0.5) is 0 Å². The molecular formula is C14H19N3OS. The van der Waals surface area contributed by atoms with Gasteiger partial charge in [-0.25, -0.2) is 0 Å². The van der Waals surface area contributed by atoms with Crippen molar-refractivity contribution in [3.8, 4) is 0 Å². The Morgan fingerprint density at radius 1 is 1.32 bits per heavy atom. The average molecular weight is 277 g/mol. The Morgan fingerprint density at radius 3 is 2.84 bits per heavy atom. The lowest BCUT2D eigenvalue weighted by Crippen LogP contribution is -2.22. The molecular weight excluding hydrogens is 258 g/mol. The second kappa shape index (κ2) is 7.31. The Morgan fingerprint density at radius 2 is 2.11 bits per heavy atom. The first-order valence-electron chi connectivity index (χ1n) is 6.37. The van der Waals surface area contributed by atoms with Gasteiger partial charge in [-0.1, -0.05) is 42.4 Å². The predicted octanol–water partition coefficient (Wildman–Crippen LogP) is 2.50. The Bertz CT molecular complexity index is 486. The van der Waals surface area contributed by atoms with Crippen LogP contribution in [0, 0.1) is 0 Å². The molecule has 0 aliphatic rings. The Kier molecular flexibility index (Phi) is 5.42. The van der Waals surface area contributed by atoms with Gasteiger partial charge in [0.25, 0.3) is 0 Å². The zero-order chi connectivity index (χ0) is 13.5. The van der Waals surface area contributed by atoms with Gasteiger partial charge in [0, 0.05) is 18.2 Å². The van der Waals surface area contributed by atoms with Crippen molar-refractivity contribution < 1.29 is 4.52 Å². The maximum Gasteiger partial charge on any atom is 0.240 e. The maximum absolute atomic E-state index is 5.22. The summed E-state index contributed by atoms with van der Waals surface area (Å²) < 4.78 is 5.22. The molecule has 0 aliphatic heterocycles. The smallest absolute Gasteiger partial charge is 0.240 e. The van der Waals surface area contributed by atoms with E-state index in [1.807, 2.05) is 30.0 Å². The van der Waals surface area contributed by atoms with Gasteiger partial charge < -0.3 is 9.84 Å². The molecule has 0 fully saturated rings. The van der Waals surface area contributed by atoms with Crippen LogP contribution in [-0.2, 0) is 13.0 Å². The minimum absolute atomic E-state index is 0.590. The number of aromatic nitrogens is 2. The number of hydrogen-bond donors (Lipinski definition) is 1. The van der Waals surface area contributed by atoms with E-state index in [9.17, 15) is 0 Å². The standard InChI is InChI=1S/C14H19N3OS/c1-11(19-2)9-15-10-14-16-13(17-18-14)8-12-6-4-3-5-7-12/h3-7,11,15H,8-10H2,1-2H3. The molecule has 2 rings (SSSR count). The third-order valence-electron chi connectivity index (χ3n) is 2.83. The van der Waals surface area contributed by atoms with Gasteiger partial charge in [-0.15, -0.1) is 0 Å². The molecule has 0 saturated heterocycles. The summed E-state index contributed by atoms with van der Waals surface area (Å²) in [6.45, 7) is 3.76. The molecule has 4 nitrogen and oxygen atoms in total. The van der Waals surface area contributed by atoms with Crippen LogP contribution < -0.4 is 5.32 Å². The van der Waals surface area contributed by atoms with E-state index in [0.717, 1.165) is 12.4 Å². The molecule has 1 aromatic carbocycles. The van der Waals surface area contributed by atoms with Crippen molar-refractivity contribution in [2.45, 2.75) is 25.1 Å². The SMILES string of the molecule is CSC(C)CNCc1nc(Cc2ccccc2)no1. The lowest BCUT2D eigenvalue weighted by atomic mass is 10.1. The quantitative estimate of drug-likeness (QED) is 0.842. The highest BCUT2D eigenvalue weighted by molar-refractivity contribution is 7.99. The second-order valence-electron chi connectivity index (χ2n) is 4.44.